The predicted molar refractivity (Wildman–Crippen MR) is 61.1 cm³/mol. The van der Waals surface area contributed by atoms with Gasteiger partial charge in [0.1, 0.15) is 5.76 Å². The van der Waals surface area contributed by atoms with Crippen LogP contribution in [0.25, 0.3) is 6.08 Å². The van der Waals surface area contributed by atoms with Crippen molar-refractivity contribution in [2.75, 3.05) is 0 Å². The molecule has 1 heteroatoms. The summed E-state index contributed by atoms with van der Waals surface area (Å²) in [4.78, 5) is 0. The van der Waals surface area contributed by atoms with Crippen molar-refractivity contribution in [2.45, 2.75) is 12.3 Å². The van der Waals surface area contributed by atoms with Gasteiger partial charge in [-0.15, -0.1) is 0 Å². The van der Waals surface area contributed by atoms with E-state index in [2.05, 4.69) is 42.5 Å². The van der Waals surface area contributed by atoms with Gasteiger partial charge < -0.3 is 4.74 Å². The smallest absolute Gasteiger partial charge is 0.111 e. The predicted octanol–water partition coefficient (Wildman–Crippen LogP) is 3.61. The largest absolute Gasteiger partial charge is 0.469 e. The molecule has 0 amide bonds. The van der Waals surface area contributed by atoms with Crippen molar-refractivity contribution in [3.05, 3.63) is 65.6 Å². The lowest BCUT2D eigenvalue weighted by atomic mass is 9.90. The van der Waals surface area contributed by atoms with Crippen LogP contribution < -0.4 is 0 Å². The van der Waals surface area contributed by atoms with Gasteiger partial charge in [-0.1, -0.05) is 36.4 Å². The first-order chi connectivity index (χ1) is 7.45. The van der Waals surface area contributed by atoms with Crippen molar-refractivity contribution >= 4 is 6.08 Å². The van der Waals surface area contributed by atoms with Gasteiger partial charge >= 0.3 is 0 Å². The second-order valence-corrected chi connectivity index (χ2v) is 3.80. The first kappa shape index (κ1) is 8.54. The van der Waals surface area contributed by atoms with Crippen molar-refractivity contribution in [2.24, 2.45) is 0 Å². The molecular formula is C14H12O. The number of rotatable bonds is 0. The van der Waals surface area contributed by atoms with E-state index in [1.807, 2.05) is 6.08 Å². The molecule has 0 saturated carbocycles. The van der Waals surface area contributed by atoms with E-state index in [-0.39, 0.29) is 0 Å². The SMILES string of the molecule is C1=CC2C(=CC1)OC=Cc1ccccc12. The van der Waals surface area contributed by atoms with Gasteiger partial charge in [0.25, 0.3) is 0 Å². The van der Waals surface area contributed by atoms with Crippen molar-refractivity contribution in [1.29, 1.82) is 0 Å². The molecule has 15 heavy (non-hydrogen) atoms. The third-order valence-corrected chi connectivity index (χ3v) is 2.87. The van der Waals surface area contributed by atoms with Crippen molar-refractivity contribution in [3.63, 3.8) is 0 Å². The van der Waals surface area contributed by atoms with E-state index >= 15 is 0 Å². The molecule has 1 unspecified atom stereocenters. The van der Waals surface area contributed by atoms with Crippen LogP contribution in [0.5, 0.6) is 0 Å². The van der Waals surface area contributed by atoms with Crippen molar-refractivity contribution < 1.29 is 4.74 Å². The lowest BCUT2D eigenvalue weighted by Crippen LogP contribution is -2.03. The average molecular weight is 196 g/mol. The molecule has 0 radical (unpaired) electrons. The van der Waals surface area contributed by atoms with Gasteiger partial charge in [-0.2, -0.15) is 0 Å². The van der Waals surface area contributed by atoms with Crippen LogP contribution in [0.1, 0.15) is 23.5 Å². The van der Waals surface area contributed by atoms with Crippen LogP contribution in [0.4, 0.5) is 0 Å². The second-order valence-electron chi connectivity index (χ2n) is 3.80. The summed E-state index contributed by atoms with van der Waals surface area (Å²) in [7, 11) is 0. The highest BCUT2D eigenvalue weighted by Gasteiger charge is 2.20. The highest BCUT2D eigenvalue weighted by molar-refractivity contribution is 5.58. The van der Waals surface area contributed by atoms with Gasteiger partial charge in [0.2, 0.25) is 0 Å². The minimum atomic E-state index is 0.296. The summed E-state index contributed by atoms with van der Waals surface area (Å²) >= 11 is 0. The van der Waals surface area contributed by atoms with Crippen LogP contribution in [-0.2, 0) is 4.74 Å². The summed E-state index contributed by atoms with van der Waals surface area (Å²) in [5, 5.41) is 0. The van der Waals surface area contributed by atoms with Crippen LogP contribution in [0, 0.1) is 0 Å². The van der Waals surface area contributed by atoms with Gasteiger partial charge in [0.15, 0.2) is 0 Å². The molecule has 1 aromatic carbocycles. The average Bonchev–Trinajstić information content (AvgIpc) is 2.48. The first-order valence-electron chi connectivity index (χ1n) is 5.24. The Balaban J connectivity index is 2.17. The van der Waals surface area contributed by atoms with Crippen molar-refractivity contribution in [1.82, 2.24) is 0 Å². The number of ether oxygens (including phenoxy) is 1. The summed E-state index contributed by atoms with van der Waals surface area (Å²) < 4.78 is 5.62. The summed E-state index contributed by atoms with van der Waals surface area (Å²) in [6.07, 6.45) is 11.4. The second kappa shape index (κ2) is 3.43. The zero-order chi connectivity index (χ0) is 10.1. The highest BCUT2D eigenvalue weighted by Crippen LogP contribution is 2.35. The molecule has 1 aromatic rings. The van der Waals surface area contributed by atoms with Crippen LogP contribution in [0.3, 0.4) is 0 Å². The lowest BCUT2D eigenvalue weighted by Gasteiger charge is -2.18. The number of allylic oxidation sites excluding steroid dienone is 3. The maximum Gasteiger partial charge on any atom is 0.111 e. The Kier molecular flexibility index (Phi) is 1.95. The maximum absolute atomic E-state index is 5.62. The zero-order valence-electron chi connectivity index (χ0n) is 8.39. The van der Waals surface area contributed by atoms with Gasteiger partial charge in [-0.25, -0.2) is 0 Å². The topological polar surface area (TPSA) is 9.23 Å². The van der Waals surface area contributed by atoms with Gasteiger partial charge in [-0.05, 0) is 29.7 Å². The fourth-order valence-electron chi connectivity index (χ4n) is 2.13. The van der Waals surface area contributed by atoms with E-state index in [9.17, 15) is 0 Å². The number of hydrogen-bond acceptors (Lipinski definition) is 1. The number of fused-ring (bicyclic) bond motifs is 3. The number of benzene rings is 1. The summed E-state index contributed by atoms with van der Waals surface area (Å²) in [6, 6.07) is 8.44. The van der Waals surface area contributed by atoms with Crippen LogP contribution in [0.2, 0.25) is 0 Å². The number of hydrogen-bond donors (Lipinski definition) is 0. The van der Waals surface area contributed by atoms with Crippen LogP contribution in [-0.4, -0.2) is 0 Å². The van der Waals surface area contributed by atoms with E-state index in [1.165, 1.54) is 11.1 Å². The molecule has 0 fully saturated rings. The molecule has 0 saturated heterocycles. The minimum Gasteiger partial charge on any atom is -0.469 e. The molecule has 74 valence electrons. The fourth-order valence-corrected chi connectivity index (χ4v) is 2.13. The molecule has 1 nitrogen and oxygen atoms in total. The molecule has 0 bridgehead atoms. The minimum absolute atomic E-state index is 0.296. The highest BCUT2D eigenvalue weighted by atomic mass is 16.5. The van der Waals surface area contributed by atoms with E-state index in [0.29, 0.717) is 5.92 Å². The summed E-state index contributed by atoms with van der Waals surface area (Å²) in [5.41, 5.74) is 2.57. The van der Waals surface area contributed by atoms with E-state index < -0.39 is 0 Å². The molecule has 3 rings (SSSR count). The molecule has 0 spiro atoms. The Morgan fingerprint density at radius 1 is 1.20 bits per heavy atom. The third kappa shape index (κ3) is 1.40. The molecule has 1 heterocycles. The molecule has 0 N–H and O–H groups in total. The molecule has 1 atom stereocenters. The summed E-state index contributed by atoms with van der Waals surface area (Å²) in [5.74, 6) is 1.35. The zero-order valence-corrected chi connectivity index (χ0v) is 8.39. The summed E-state index contributed by atoms with van der Waals surface area (Å²) in [6.45, 7) is 0. The molecule has 2 aliphatic rings. The maximum atomic E-state index is 5.62. The quantitative estimate of drug-likeness (QED) is 0.576. The van der Waals surface area contributed by atoms with Gasteiger partial charge in [-0.3, -0.25) is 0 Å². The molecular weight excluding hydrogens is 184 g/mol. The van der Waals surface area contributed by atoms with E-state index in [4.69, 9.17) is 4.74 Å². The Labute approximate surface area is 89.4 Å². The lowest BCUT2D eigenvalue weighted by molar-refractivity contribution is 0.332. The Morgan fingerprint density at radius 3 is 3.13 bits per heavy atom. The standard InChI is InChI=1S/C14H12O/c1-2-6-12-11(5-1)9-10-15-14-8-4-3-7-13(12)14/h1-3,5-10,13H,4H2. The van der Waals surface area contributed by atoms with Gasteiger partial charge in [0.05, 0.1) is 12.2 Å². The Hall–Kier alpha value is -1.76. The third-order valence-electron chi connectivity index (χ3n) is 2.87. The van der Waals surface area contributed by atoms with E-state index in [1.54, 1.807) is 6.26 Å². The normalized spacial score (nSPS) is 22.1. The van der Waals surface area contributed by atoms with Crippen molar-refractivity contribution in [3.8, 4) is 0 Å². The Morgan fingerprint density at radius 2 is 2.13 bits per heavy atom. The first-order valence-corrected chi connectivity index (χ1v) is 5.24. The fraction of sp³-hybridized carbons (Fsp3) is 0.143. The van der Waals surface area contributed by atoms with Gasteiger partial charge in [0, 0.05) is 0 Å². The molecule has 0 aromatic heterocycles. The van der Waals surface area contributed by atoms with Crippen LogP contribution in [0.15, 0.2) is 54.5 Å². The Bertz CT molecular complexity index is 466. The van der Waals surface area contributed by atoms with Crippen LogP contribution >= 0.6 is 0 Å². The molecule has 1 aliphatic heterocycles. The molecule has 1 aliphatic carbocycles. The monoisotopic (exact) mass is 196 g/mol. The van der Waals surface area contributed by atoms with E-state index in [0.717, 1.165) is 12.2 Å².